The van der Waals surface area contributed by atoms with E-state index in [4.69, 9.17) is 4.98 Å². The average molecular weight is 336 g/mol. The Bertz CT molecular complexity index is 816. The van der Waals surface area contributed by atoms with Crippen molar-refractivity contribution in [3.8, 4) is 0 Å². The van der Waals surface area contributed by atoms with Crippen LogP contribution in [-0.4, -0.2) is 36.1 Å². The molecule has 2 aromatic rings. The monoisotopic (exact) mass is 336 g/mol. The van der Waals surface area contributed by atoms with E-state index in [-0.39, 0.29) is 5.41 Å². The van der Waals surface area contributed by atoms with E-state index >= 15 is 0 Å². The zero-order chi connectivity index (χ0) is 17.4. The number of H-pyrrole nitrogens is 1. The Morgan fingerprint density at radius 2 is 1.96 bits per heavy atom. The number of imidazole rings is 1. The molecule has 132 valence electrons. The van der Waals surface area contributed by atoms with E-state index in [2.05, 4.69) is 72.4 Å². The van der Waals surface area contributed by atoms with Gasteiger partial charge in [0.1, 0.15) is 11.3 Å². The standard InChI is InChI=1S/C21H28N4/c1-21(2,3)16-9-7-15(8-10-16)20-23-17-5-4-6-18(19(17)24-20)25-13-11-22-12-14-25/h4-7,9-10,15,22H,8,11-14H2,1-3H3,(H,23,24). The third-order valence-corrected chi connectivity index (χ3v) is 5.28. The van der Waals surface area contributed by atoms with Crippen molar-refractivity contribution in [2.24, 2.45) is 5.41 Å². The Labute approximate surface area is 150 Å². The average Bonchev–Trinajstić information content (AvgIpc) is 3.06. The minimum Gasteiger partial charge on any atom is -0.367 e. The van der Waals surface area contributed by atoms with Gasteiger partial charge in [-0.25, -0.2) is 4.98 Å². The number of nitrogens with one attached hydrogen (secondary N) is 2. The molecule has 2 N–H and O–H groups in total. The normalized spacial score (nSPS) is 21.6. The van der Waals surface area contributed by atoms with Gasteiger partial charge in [-0.1, -0.05) is 45.1 Å². The van der Waals surface area contributed by atoms with E-state index in [9.17, 15) is 0 Å². The number of para-hydroxylation sites is 1. The first kappa shape index (κ1) is 16.4. The Kier molecular flexibility index (Phi) is 4.16. The van der Waals surface area contributed by atoms with Crippen LogP contribution in [0.5, 0.6) is 0 Å². The van der Waals surface area contributed by atoms with Crippen LogP contribution >= 0.6 is 0 Å². The molecule has 0 spiro atoms. The molecule has 0 saturated carbocycles. The molecule has 1 aliphatic carbocycles. The third kappa shape index (κ3) is 3.23. The first-order valence-electron chi connectivity index (χ1n) is 9.35. The summed E-state index contributed by atoms with van der Waals surface area (Å²) < 4.78 is 0. The molecular weight excluding hydrogens is 308 g/mol. The summed E-state index contributed by atoms with van der Waals surface area (Å²) in [5, 5.41) is 3.42. The fraction of sp³-hybridized carbons (Fsp3) is 0.476. The highest BCUT2D eigenvalue weighted by molar-refractivity contribution is 5.89. The highest BCUT2D eigenvalue weighted by atomic mass is 15.2. The smallest absolute Gasteiger partial charge is 0.114 e. The van der Waals surface area contributed by atoms with E-state index in [1.54, 1.807) is 0 Å². The van der Waals surface area contributed by atoms with Crippen LogP contribution in [0.2, 0.25) is 0 Å². The molecule has 0 bridgehead atoms. The number of rotatable bonds is 2. The molecule has 4 heteroatoms. The van der Waals surface area contributed by atoms with Crippen molar-refractivity contribution in [1.82, 2.24) is 15.3 Å². The van der Waals surface area contributed by atoms with E-state index < -0.39 is 0 Å². The molecule has 1 unspecified atom stereocenters. The van der Waals surface area contributed by atoms with Gasteiger partial charge < -0.3 is 15.2 Å². The molecule has 25 heavy (non-hydrogen) atoms. The molecular formula is C21H28N4. The Morgan fingerprint density at radius 1 is 1.16 bits per heavy atom. The summed E-state index contributed by atoms with van der Waals surface area (Å²) in [5.74, 6) is 1.42. The summed E-state index contributed by atoms with van der Waals surface area (Å²) in [6, 6.07) is 6.48. The maximum atomic E-state index is 5.00. The van der Waals surface area contributed by atoms with Gasteiger partial charge in [-0.15, -0.1) is 0 Å². The number of allylic oxidation sites excluding steroid dienone is 4. The molecule has 0 radical (unpaired) electrons. The number of benzene rings is 1. The van der Waals surface area contributed by atoms with Gasteiger partial charge in [-0.2, -0.15) is 0 Å². The summed E-state index contributed by atoms with van der Waals surface area (Å²) in [4.78, 5) is 11.0. The SMILES string of the molecule is CC(C)(C)C1=CCC(c2nc3c(N4CCNCC4)cccc3[nH]2)C=C1. The number of nitrogens with zero attached hydrogens (tertiary/aromatic N) is 2. The summed E-state index contributed by atoms with van der Waals surface area (Å²) in [7, 11) is 0. The highest BCUT2D eigenvalue weighted by Crippen LogP contribution is 2.35. The molecule has 1 saturated heterocycles. The lowest BCUT2D eigenvalue weighted by Gasteiger charge is -2.29. The maximum Gasteiger partial charge on any atom is 0.114 e. The van der Waals surface area contributed by atoms with Gasteiger partial charge in [0.25, 0.3) is 0 Å². The maximum absolute atomic E-state index is 5.00. The van der Waals surface area contributed by atoms with E-state index in [0.717, 1.165) is 49.5 Å². The summed E-state index contributed by atoms with van der Waals surface area (Å²) in [6.45, 7) is 11.0. The fourth-order valence-corrected chi connectivity index (χ4v) is 3.75. The molecule has 0 amide bonds. The van der Waals surface area contributed by atoms with Crippen molar-refractivity contribution < 1.29 is 0 Å². The minimum absolute atomic E-state index is 0.213. The van der Waals surface area contributed by atoms with Crippen molar-refractivity contribution in [2.45, 2.75) is 33.1 Å². The Balaban J connectivity index is 1.62. The van der Waals surface area contributed by atoms with Gasteiger partial charge in [-0.05, 0) is 29.5 Å². The van der Waals surface area contributed by atoms with Crippen LogP contribution in [0.1, 0.15) is 38.9 Å². The summed E-state index contributed by atoms with van der Waals surface area (Å²) >= 11 is 0. The van der Waals surface area contributed by atoms with Gasteiger partial charge in [0.15, 0.2) is 0 Å². The largest absolute Gasteiger partial charge is 0.367 e. The predicted molar refractivity (Wildman–Crippen MR) is 105 cm³/mol. The van der Waals surface area contributed by atoms with Crippen molar-refractivity contribution in [3.05, 3.63) is 47.8 Å². The second-order valence-corrected chi connectivity index (χ2v) is 8.14. The van der Waals surface area contributed by atoms with Crippen molar-refractivity contribution >= 4 is 16.7 Å². The molecule has 4 nitrogen and oxygen atoms in total. The number of fused-ring (bicyclic) bond motifs is 1. The van der Waals surface area contributed by atoms with Crippen LogP contribution < -0.4 is 10.2 Å². The fourth-order valence-electron chi connectivity index (χ4n) is 3.75. The van der Waals surface area contributed by atoms with Gasteiger partial charge in [0.2, 0.25) is 0 Å². The molecule has 1 aliphatic heterocycles. The number of hydrogen-bond acceptors (Lipinski definition) is 3. The van der Waals surface area contributed by atoms with E-state index in [1.807, 2.05) is 0 Å². The second kappa shape index (κ2) is 6.34. The first-order valence-corrected chi connectivity index (χ1v) is 9.35. The quantitative estimate of drug-likeness (QED) is 0.871. The van der Waals surface area contributed by atoms with Gasteiger partial charge in [0.05, 0.1) is 11.2 Å². The predicted octanol–water partition coefficient (Wildman–Crippen LogP) is 3.99. The lowest BCUT2D eigenvalue weighted by Crippen LogP contribution is -2.43. The van der Waals surface area contributed by atoms with Crippen molar-refractivity contribution in [1.29, 1.82) is 0 Å². The molecule has 1 fully saturated rings. The Hall–Kier alpha value is -2.07. The zero-order valence-electron chi connectivity index (χ0n) is 15.5. The number of anilines is 1. The molecule has 4 rings (SSSR count). The number of piperazine rings is 1. The third-order valence-electron chi connectivity index (χ3n) is 5.28. The Morgan fingerprint density at radius 3 is 2.64 bits per heavy atom. The van der Waals surface area contributed by atoms with Crippen LogP contribution in [-0.2, 0) is 0 Å². The van der Waals surface area contributed by atoms with Gasteiger partial charge in [-0.3, -0.25) is 0 Å². The second-order valence-electron chi connectivity index (χ2n) is 8.14. The van der Waals surface area contributed by atoms with Crippen molar-refractivity contribution in [2.75, 3.05) is 31.1 Å². The van der Waals surface area contributed by atoms with Gasteiger partial charge >= 0.3 is 0 Å². The van der Waals surface area contributed by atoms with Crippen LogP contribution in [0.25, 0.3) is 11.0 Å². The number of aromatic nitrogens is 2. The van der Waals surface area contributed by atoms with E-state index in [0.29, 0.717) is 5.92 Å². The van der Waals surface area contributed by atoms with Gasteiger partial charge in [0, 0.05) is 32.1 Å². The summed E-state index contributed by atoms with van der Waals surface area (Å²) in [6.07, 6.45) is 7.97. The topological polar surface area (TPSA) is 44.0 Å². The number of hydrogen-bond donors (Lipinski definition) is 2. The zero-order valence-corrected chi connectivity index (χ0v) is 15.5. The molecule has 1 aromatic carbocycles. The molecule has 1 aromatic heterocycles. The van der Waals surface area contributed by atoms with Crippen LogP contribution in [0, 0.1) is 5.41 Å². The van der Waals surface area contributed by atoms with Crippen LogP contribution in [0.4, 0.5) is 5.69 Å². The number of aromatic amines is 1. The highest BCUT2D eigenvalue weighted by Gasteiger charge is 2.22. The van der Waals surface area contributed by atoms with Crippen LogP contribution in [0.15, 0.2) is 42.0 Å². The molecule has 2 heterocycles. The minimum atomic E-state index is 0.213. The lowest BCUT2D eigenvalue weighted by molar-refractivity contribution is 0.510. The van der Waals surface area contributed by atoms with E-state index in [1.165, 1.54) is 11.3 Å². The first-order chi connectivity index (χ1) is 12.0. The van der Waals surface area contributed by atoms with Crippen molar-refractivity contribution in [3.63, 3.8) is 0 Å². The molecule has 2 aliphatic rings. The van der Waals surface area contributed by atoms with Crippen LogP contribution in [0.3, 0.4) is 0 Å². The lowest BCUT2D eigenvalue weighted by atomic mass is 9.81. The molecule has 1 atom stereocenters. The summed E-state index contributed by atoms with van der Waals surface area (Å²) in [5.41, 5.74) is 5.14.